The highest BCUT2D eigenvalue weighted by atomic mass is 35.5. The van der Waals surface area contributed by atoms with Crippen LogP contribution in [0.1, 0.15) is 20.8 Å². The van der Waals surface area contributed by atoms with Crippen LogP contribution in [0, 0.1) is 0 Å². The molecular formula is C12H24ClN3. The second-order valence-corrected chi connectivity index (χ2v) is 3.29. The van der Waals surface area contributed by atoms with Crippen LogP contribution in [-0.2, 0) is 0 Å². The van der Waals surface area contributed by atoms with E-state index in [1.165, 1.54) is 19.6 Å². The molecule has 4 N–H and O–H groups in total. The van der Waals surface area contributed by atoms with Gasteiger partial charge in [-0.1, -0.05) is 26.8 Å². The van der Waals surface area contributed by atoms with Gasteiger partial charge in [0.25, 0.3) is 0 Å². The van der Waals surface area contributed by atoms with Gasteiger partial charge in [-0.05, 0) is 37.8 Å². The predicted molar refractivity (Wildman–Crippen MR) is 76.0 cm³/mol. The summed E-state index contributed by atoms with van der Waals surface area (Å²) in [7, 11) is 0. The first-order valence-corrected chi connectivity index (χ1v) is 5.47. The highest BCUT2D eigenvalue weighted by Crippen LogP contribution is 2.06. The fourth-order valence-electron chi connectivity index (χ4n) is 1.23. The number of halogens is 1. The van der Waals surface area contributed by atoms with Gasteiger partial charge in [0.1, 0.15) is 0 Å². The van der Waals surface area contributed by atoms with E-state index < -0.39 is 0 Å². The maximum absolute atomic E-state index is 5.38. The predicted octanol–water partition coefficient (Wildman–Crippen LogP) is 2.62. The maximum atomic E-state index is 5.38. The molecule has 0 amide bonds. The molecular weight excluding hydrogens is 222 g/mol. The fourth-order valence-corrected chi connectivity index (χ4v) is 1.23. The van der Waals surface area contributed by atoms with Crippen LogP contribution in [0.15, 0.2) is 24.3 Å². The van der Waals surface area contributed by atoms with Crippen molar-refractivity contribution in [1.29, 1.82) is 0 Å². The molecule has 0 radical (unpaired) electrons. The van der Waals surface area contributed by atoms with Crippen molar-refractivity contribution in [1.82, 2.24) is 4.90 Å². The summed E-state index contributed by atoms with van der Waals surface area (Å²) >= 11 is 0. The Labute approximate surface area is 105 Å². The minimum absolute atomic E-state index is 0. The quantitative estimate of drug-likeness (QED) is 0.805. The van der Waals surface area contributed by atoms with Crippen LogP contribution in [-0.4, -0.2) is 24.5 Å². The Kier molecular flexibility index (Phi) is 11.6. The van der Waals surface area contributed by atoms with Gasteiger partial charge in [0.15, 0.2) is 0 Å². The molecule has 1 aromatic rings. The Bertz CT molecular complexity index is 239. The smallest absolute Gasteiger partial charge is 0.0334 e. The average molecular weight is 246 g/mol. The number of hydrogen-bond acceptors (Lipinski definition) is 3. The van der Waals surface area contributed by atoms with Gasteiger partial charge in [0.2, 0.25) is 0 Å². The van der Waals surface area contributed by atoms with Crippen molar-refractivity contribution >= 4 is 23.8 Å². The molecule has 0 spiro atoms. The molecule has 0 heterocycles. The molecule has 0 saturated carbocycles. The average Bonchev–Trinajstić information content (AvgIpc) is 2.21. The zero-order chi connectivity index (χ0) is 11.7. The van der Waals surface area contributed by atoms with E-state index in [1.54, 1.807) is 18.2 Å². The number of benzene rings is 1. The van der Waals surface area contributed by atoms with E-state index in [0.717, 1.165) is 0 Å². The molecule has 0 aliphatic rings. The van der Waals surface area contributed by atoms with Crippen molar-refractivity contribution in [3.05, 3.63) is 24.3 Å². The summed E-state index contributed by atoms with van der Waals surface area (Å²) in [6, 6.07) is 7.15. The van der Waals surface area contributed by atoms with Gasteiger partial charge >= 0.3 is 0 Å². The molecule has 0 bridgehead atoms. The van der Waals surface area contributed by atoms with Crippen molar-refractivity contribution < 1.29 is 0 Å². The molecule has 3 nitrogen and oxygen atoms in total. The zero-order valence-electron chi connectivity index (χ0n) is 10.4. The molecule has 0 unspecified atom stereocenters. The maximum Gasteiger partial charge on any atom is 0.0334 e. The number of anilines is 2. The van der Waals surface area contributed by atoms with Gasteiger partial charge in [-0.15, -0.1) is 12.4 Å². The lowest BCUT2D eigenvalue weighted by Gasteiger charge is -2.13. The lowest BCUT2D eigenvalue weighted by molar-refractivity contribution is 0.321. The van der Waals surface area contributed by atoms with E-state index in [2.05, 4.69) is 25.7 Å². The lowest BCUT2D eigenvalue weighted by Crippen LogP contribution is -2.21. The molecule has 0 saturated heterocycles. The highest BCUT2D eigenvalue weighted by molar-refractivity contribution is 5.85. The van der Waals surface area contributed by atoms with Gasteiger partial charge in [-0.25, -0.2) is 0 Å². The minimum atomic E-state index is 0. The summed E-state index contributed by atoms with van der Waals surface area (Å²) < 4.78 is 0. The summed E-state index contributed by atoms with van der Waals surface area (Å²) in [4.78, 5) is 2.38. The third-order valence-corrected chi connectivity index (χ3v) is 2.25. The number of nitrogens with zero attached hydrogens (tertiary/aromatic N) is 1. The monoisotopic (exact) mass is 245 g/mol. The topological polar surface area (TPSA) is 55.3 Å². The Balaban J connectivity index is 0. The first kappa shape index (κ1) is 17.5. The molecule has 0 aliphatic carbocycles. The second-order valence-electron chi connectivity index (χ2n) is 3.29. The van der Waals surface area contributed by atoms with E-state index in [9.17, 15) is 0 Å². The third-order valence-electron chi connectivity index (χ3n) is 2.25. The van der Waals surface area contributed by atoms with Gasteiger partial charge in [0, 0.05) is 11.4 Å². The standard InChI is InChI=1S/C6H8N2.C6H15N.ClH/c7-5-2-1-3-6(8)4-5;1-4-7(5-2)6-3;/h1-4H,7-8H2;4-6H2,1-3H3;1H. The van der Waals surface area contributed by atoms with Crippen LogP contribution in [0.4, 0.5) is 11.4 Å². The number of rotatable bonds is 3. The van der Waals surface area contributed by atoms with Crippen LogP contribution in [0.2, 0.25) is 0 Å². The Hall–Kier alpha value is -0.930. The molecule has 1 rings (SSSR count). The molecule has 0 atom stereocenters. The number of nitrogens with two attached hydrogens (primary N) is 2. The summed E-state index contributed by atoms with van der Waals surface area (Å²) in [5, 5.41) is 0. The molecule has 0 aromatic heterocycles. The normalized spacial score (nSPS) is 9.00. The molecule has 4 heteroatoms. The Morgan fingerprint density at radius 3 is 1.44 bits per heavy atom. The van der Waals surface area contributed by atoms with E-state index >= 15 is 0 Å². The van der Waals surface area contributed by atoms with Crippen LogP contribution < -0.4 is 11.5 Å². The van der Waals surface area contributed by atoms with Gasteiger partial charge < -0.3 is 16.4 Å². The minimum Gasteiger partial charge on any atom is -0.399 e. The molecule has 1 aromatic carbocycles. The van der Waals surface area contributed by atoms with Gasteiger partial charge in [0.05, 0.1) is 0 Å². The van der Waals surface area contributed by atoms with Crippen LogP contribution >= 0.6 is 12.4 Å². The second kappa shape index (κ2) is 10.6. The summed E-state index contributed by atoms with van der Waals surface area (Å²) in [6.07, 6.45) is 0. The van der Waals surface area contributed by atoms with Crippen LogP contribution in [0.25, 0.3) is 0 Å². The largest absolute Gasteiger partial charge is 0.399 e. The van der Waals surface area contributed by atoms with Crippen molar-refractivity contribution in [2.45, 2.75) is 20.8 Å². The van der Waals surface area contributed by atoms with Crippen LogP contribution in [0.3, 0.4) is 0 Å². The molecule has 16 heavy (non-hydrogen) atoms. The van der Waals surface area contributed by atoms with Crippen LogP contribution in [0.5, 0.6) is 0 Å². The van der Waals surface area contributed by atoms with E-state index in [4.69, 9.17) is 11.5 Å². The number of hydrogen-bond donors (Lipinski definition) is 2. The summed E-state index contributed by atoms with van der Waals surface area (Å²) in [5.41, 5.74) is 12.2. The first-order valence-electron chi connectivity index (χ1n) is 5.47. The molecule has 94 valence electrons. The van der Waals surface area contributed by atoms with E-state index in [1.807, 2.05) is 6.07 Å². The van der Waals surface area contributed by atoms with Crippen molar-refractivity contribution in [3.8, 4) is 0 Å². The van der Waals surface area contributed by atoms with Crippen molar-refractivity contribution in [2.75, 3.05) is 31.1 Å². The van der Waals surface area contributed by atoms with Crippen molar-refractivity contribution in [2.24, 2.45) is 0 Å². The van der Waals surface area contributed by atoms with Gasteiger partial charge in [-0.2, -0.15) is 0 Å². The lowest BCUT2D eigenvalue weighted by atomic mass is 10.3. The van der Waals surface area contributed by atoms with E-state index in [-0.39, 0.29) is 12.4 Å². The first-order chi connectivity index (χ1) is 7.13. The summed E-state index contributed by atoms with van der Waals surface area (Å²) in [6.45, 7) is 10.1. The molecule has 0 fully saturated rings. The molecule has 0 aliphatic heterocycles. The third kappa shape index (κ3) is 8.38. The highest BCUT2D eigenvalue weighted by Gasteiger charge is 1.89. The summed E-state index contributed by atoms with van der Waals surface area (Å²) in [5.74, 6) is 0. The Morgan fingerprint density at radius 1 is 0.938 bits per heavy atom. The Morgan fingerprint density at radius 2 is 1.31 bits per heavy atom. The zero-order valence-corrected chi connectivity index (χ0v) is 11.3. The number of nitrogen functional groups attached to an aromatic ring is 2. The van der Waals surface area contributed by atoms with Gasteiger partial charge in [-0.3, -0.25) is 0 Å². The van der Waals surface area contributed by atoms with E-state index in [0.29, 0.717) is 11.4 Å². The fraction of sp³-hybridized carbons (Fsp3) is 0.500. The van der Waals surface area contributed by atoms with Crippen molar-refractivity contribution in [3.63, 3.8) is 0 Å². The SMILES string of the molecule is CCN(CC)CC.Cl.Nc1cccc(N)c1.